The average Bonchev–Trinajstić information content (AvgIpc) is 2.59. The lowest BCUT2D eigenvalue weighted by Gasteiger charge is -2.08. The van der Waals surface area contributed by atoms with E-state index in [0.29, 0.717) is 6.42 Å². The summed E-state index contributed by atoms with van der Waals surface area (Å²) in [6.45, 7) is 2.23. The van der Waals surface area contributed by atoms with Crippen LogP contribution in [0.1, 0.15) is 77.6 Å². The maximum Gasteiger partial charge on any atom is 0.266 e. The van der Waals surface area contributed by atoms with E-state index in [-0.39, 0.29) is 5.75 Å². The third-order valence-electron chi connectivity index (χ3n) is 4.08. The Morgan fingerprint density at radius 1 is 0.778 bits per heavy atom. The van der Waals surface area contributed by atoms with Crippen LogP contribution in [0.15, 0.2) is 48.6 Å². The van der Waals surface area contributed by atoms with E-state index in [4.69, 9.17) is 10.3 Å². The molecule has 1 unspecified atom stereocenters. The molecule has 0 rings (SSSR count). The van der Waals surface area contributed by atoms with Gasteiger partial charge < -0.3 is 5.73 Å². The molecule has 4 nitrogen and oxygen atoms in total. The fourth-order valence-electron chi connectivity index (χ4n) is 2.58. The molecule has 1 atom stereocenters. The molecule has 5 heteroatoms. The standard InChI is InChI=1S/C22H39NO3S/c1-2-3-4-5-6-7-8-9-10-11-12-13-14-15-16-17-18-19-20-22(23)21-27(24,25)26/h6-7,9-10,12-13,15-16,22H,2-5,8,11,14,17-21,23H2,1H3,(H,24,25,26)/b7-6-,10-9-,13-12-,16-15-. The molecule has 156 valence electrons. The number of nitrogens with two attached hydrogens (primary N) is 1. The molecule has 0 saturated carbocycles. The van der Waals surface area contributed by atoms with E-state index < -0.39 is 16.2 Å². The summed E-state index contributed by atoms with van der Waals surface area (Å²) in [4.78, 5) is 0. The Labute approximate surface area is 167 Å². The lowest BCUT2D eigenvalue weighted by molar-refractivity contribution is 0.472. The van der Waals surface area contributed by atoms with Gasteiger partial charge in [-0.15, -0.1) is 0 Å². The first-order valence-corrected chi connectivity index (χ1v) is 11.9. The smallest absolute Gasteiger partial charge is 0.266 e. The Balaban J connectivity index is 3.51. The van der Waals surface area contributed by atoms with Gasteiger partial charge in [-0.05, 0) is 51.4 Å². The highest BCUT2D eigenvalue weighted by atomic mass is 32.2. The summed E-state index contributed by atoms with van der Waals surface area (Å²) in [6, 6.07) is -0.475. The molecule has 0 aliphatic carbocycles. The zero-order valence-corrected chi connectivity index (χ0v) is 17.7. The third-order valence-corrected chi connectivity index (χ3v) is 4.93. The second-order valence-corrected chi connectivity index (χ2v) is 8.38. The topological polar surface area (TPSA) is 80.4 Å². The van der Waals surface area contributed by atoms with Gasteiger partial charge in [0.15, 0.2) is 0 Å². The zero-order valence-electron chi connectivity index (χ0n) is 16.9. The van der Waals surface area contributed by atoms with Gasteiger partial charge in [-0.2, -0.15) is 8.42 Å². The third kappa shape index (κ3) is 22.8. The molecule has 0 saturated heterocycles. The van der Waals surface area contributed by atoms with Gasteiger partial charge in [0.2, 0.25) is 0 Å². The van der Waals surface area contributed by atoms with Crippen molar-refractivity contribution in [2.24, 2.45) is 5.73 Å². The number of rotatable bonds is 17. The number of hydrogen-bond acceptors (Lipinski definition) is 3. The van der Waals surface area contributed by atoms with Gasteiger partial charge in [-0.1, -0.05) is 74.8 Å². The molecule has 0 aromatic carbocycles. The molecule has 0 aromatic rings. The van der Waals surface area contributed by atoms with E-state index in [9.17, 15) is 8.42 Å². The van der Waals surface area contributed by atoms with Crippen molar-refractivity contribution >= 4 is 10.1 Å². The van der Waals surface area contributed by atoms with E-state index in [1.165, 1.54) is 25.7 Å². The van der Waals surface area contributed by atoms with Gasteiger partial charge in [0.05, 0.1) is 5.75 Å². The first-order valence-electron chi connectivity index (χ1n) is 10.3. The molecule has 0 aromatic heterocycles. The summed E-state index contributed by atoms with van der Waals surface area (Å²) < 4.78 is 30.1. The summed E-state index contributed by atoms with van der Waals surface area (Å²) in [5.74, 6) is -0.350. The van der Waals surface area contributed by atoms with Crippen LogP contribution in [-0.2, 0) is 10.1 Å². The second kappa shape index (κ2) is 18.2. The fourth-order valence-corrected chi connectivity index (χ4v) is 3.29. The van der Waals surface area contributed by atoms with E-state index in [2.05, 4.69) is 55.5 Å². The van der Waals surface area contributed by atoms with Gasteiger partial charge in [0.1, 0.15) is 0 Å². The van der Waals surface area contributed by atoms with Gasteiger partial charge in [-0.3, -0.25) is 4.55 Å². The highest BCUT2D eigenvalue weighted by molar-refractivity contribution is 7.85. The maximum absolute atomic E-state index is 10.7. The zero-order chi connectivity index (χ0) is 20.2. The lowest BCUT2D eigenvalue weighted by Crippen LogP contribution is -2.29. The molecule has 0 radical (unpaired) electrons. The predicted molar refractivity (Wildman–Crippen MR) is 117 cm³/mol. The van der Waals surface area contributed by atoms with Crippen LogP contribution in [0.5, 0.6) is 0 Å². The Morgan fingerprint density at radius 3 is 1.67 bits per heavy atom. The first-order chi connectivity index (χ1) is 13.0. The monoisotopic (exact) mass is 397 g/mol. The van der Waals surface area contributed by atoms with Gasteiger partial charge in [-0.25, -0.2) is 0 Å². The molecular formula is C22H39NO3S. The molecular weight excluding hydrogens is 358 g/mol. The van der Waals surface area contributed by atoms with Crippen LogP contribution >= 0.6 is 0 Å². The molecule has 3 N–H and O–H groups in total. The highest BCUT2D eigenvalue weighted by Gasteiger charge is 2.11. The predicted octanol–water partition coefficient (Wildman–Crippen LogP) is 5.74. The second-order valence-electron chi connectivity index (χ2n) is 6.88. The summed E-state index contributed by atoms with van der Waals surface area (Å²) in [7, 11) is -3.95. The lowest BCUT2D eigenvalue weighted by atomic mass is 10.1. The van der Waals surface area contributed by atoms with E-state index >= 15 is 0 Å². The molecule has 27 heavy (non-hydrogen) atoms. The summed E-state index contributed by atoms with van der Waals surface area (Å²) >= 11 is 0. The van der Waals surface area contributed by atoms with Crippen molar-refractivity contribution in [2.45, 2.75) is 83.6 Å². The minimum Gasteiger partial charge on any atom is -0.327 e. The van der Waals surface area contributed by atoms with Crippen molar-refractivity contribution in [2.75, 3.05) is 5.75 Å². The minimum atomic E-state index is -3.95. The summed E-state index contributed by atoms with van der Waals surface area (Å²) in [6.07, 6.45) is 29.1. The highest BCUT2D eigenvalue weighted by Crippen LogP contribution is 2.05. The van der Waals surface area contributed by atoms with Crippen molar-refractivity contribution in [3.8, 4) is 0 Å². The Hall–Kier alpha value is -1.17. The summed E-state index contributed by atoms with van der Waals surface area (Å²) in [5, 5.41) is 0. The summed E-state index contributed by atoms with van der Waals surface area (Å²) in [5.41, 5.74) is 5.66. The van der Waals surface area contributed by atoms with Crippen LogP contribution in [0, 0.1) is 0 Å². The molecule has 0 aliphatic rings. The fraction of sp³-hybridized carbons (Fsp3) is 0.636. The number of unbranched alkanes of at least 4 members (excludes halogenated alkanes) is 5. The Morgan fingerprint density at radius 2 is 1.22 bits per heavy atom. The van der Waals surface area contributed by atoms with Gasteiger partial charge in [0.25, 0.3) is 10.1 Å². The van der Waals surface area contributed by atoms with Crippen LogP contribution in [0.25, 0.3) is 0 Å². The average molecular weight is 398 g/mol. The molecule has 0 aliphatic heterocycles. The van der Waals surface area contributed by atoms with Crippen LogP contribution in [-0.4, -0.2) is 24.8 Å². The minimum absolute atomic E-state index is 0.350. The largest absolute Gasteiger partial charge is 0.327 e. The van der Waals surface area contributed by atoms with Crippen molar-refractivity contribution < 1.29 is 13.0 Å². The van der Waals surface area contributed by atoms with Crippen LogP contribution in [0.3, 0.4) is 0 Å². The van der Waals surface area contributed by atoms with Gasteiger partial charge in [0, 0.05) is 6.04 Å². The van der Waals surface area contributed by atoms with Crippen LogP contribution < -0.4 is 5.73 Å². The maximum atomic E-state index is 10.7. The quantitative estimate of drug-likeness (QED) is 0.186. The molecule has 0 heterocycles. The molecule has 0 amide bonds. The van der Waals surface area contributed by atoms with E-state index in [1.54, 1.807) is 0 Å². The van der Waals surface area contributed by atoms with Crippen molar-refractivity contribution in [1.82, 2.24) is 0 Å². The normalized spacial score (nSPS) is 14.3. The van der Waals surface area contributed by atoms with Crippen LogP contribution in [0.4, 0.5) is 0 Å². The van der Waals surface area contributed by atoms with Crippen LogP contribution in [0.2, 0.25) is 0 Å². The number of allylic oxidation sites excluding steroid dienone is 8. The Bertz CT molecular complexity index is 548. The van der Waals surface area contributed by atoms with E-state index in [0.717, 1.165) is 38.5 Å². The van der Waals surface area contributed by atoms with Crippen molar-refractivity contribution in [3.63, 3.8) is 0 Å². The van der Waals surface area contributed by atoms with Gasteiger partial charge >= 0.3 is 0 Å². The van der Waals surface area contributed by atoms with E-state index in [1.807, 2.05) is 0 Å². The number of hydrogen-bond donors (Lipinski definition) is 2. The molecule has 0 spiro atoms. The molecule has 0 fully saturated rings. The first kappa shape index (κ1) is 25.8. The molecule has 0 bridgehead atoms. The SMILES string of the molecule is CCCCC/C=C\C/C=C\C/C=C\C/C=C\CCCCC(N)CS(=O)(=O)O. The van der Waals surface area contributed by atoms with Crippen molar-refractivity contribution in [1.29, 1.82) is 0 Å². The Kier molecular flexibility index (Phi) is 17.4. The van der Waals surface area contributed by atoms with Crippen molar-refractivity contribution in [3.05, 3.63) is 48.6 Å².